The maximum Gasteiger partial charge on any atom is 0.408 e. The molecule has 3 heteroatoms. The van der Waals surface area contributed by atoms with Crippen LogP contribution in [0.2, 0.25) is 0 Å². The predicted molar refractivity (Wildman–Crippen MR) is 77.0 cm³/mol. The molecule has 0 radical (unpaired) electrons. The summed E-state index contributed by atoms with van der Waals surface area (Å²) in [5, 5.41) is 2.61. The second kappa shape index (κ2) is 6.29. The Morgan fingerprint density at radius 1 is 1.26 bits per heavy atom. The lowest BCUT2D eigenvalue weighted by molar-refractivity contribution is 0.0535. The summed E-state index contributed by atoms with van der Waals surface area (Å²) in [7, 11) is 0. The minimum absolute atomic E-state index is 0.280. The molecule has 102 valence electrons. The Kier molecular flexibility index (Phi) is 5.00. The van der Waals surface area contributed by atoms with Gasteiger partial charge in [-0.15, -0.1) is 0 Å². The van der Waals surface area contributed by atoms with Crippen LogP contribution in [-0.2, 0) is 4.74 Å². The highest BCUT2D eigenvalue weighted by molar-refractivity contribution is 5.68. The summed E-state index contributed by atoms with van der Waals surface area (Å²) in [6, 6.07) is 6.06. The first-order chi connectivity index (χ1) is 8.79. The minimum Gasteiger partial charge on any atom is -0.444 e. The number of aryl methyl sites for hydroxylation is 2. The SMILES string of the molecule is Cc1cccc(C)c1C#CCNC(=O)OC(C)(C)C. The Morgan fingerprint density at radius 3 is 2.37 bits per heavy atom. The van der Waals surface area contributed by atoms with Gasteiger partial charge in [0.15, 0.2) is 0 Å². The molecule has 19 heavy (non-hydrogen) atoms. The Bertz CT molecular complexity index is 496. The van der Waals surface area contributed by atoms with Gasteiger partial charge in [-0.1, -0.05) is 30.0 Å². The molecule has 0 saturated heterocycles. The molecular formula is C16H21NO2. The molecule has 1 rings (SSSR count). The van der Waals surface area contributed by atoms with E-state index in [0.29, 0.717) is 0 Å². The first kappa shape index (κ1) is 15.1. The van der Waals surface area contributed by atoms with Crippen LogP contribution in [0.25, 0.3) is 0 Å². The summed E-state index contributed by atoms with van der Waals surface area (Å²) in [4.78, 5) is 11.4. The fourth-order valence-corrected chi connectivity index (χ4v) is 1.57. The number of hydrogen-bond donors (Lipinski definition) is 1. The third-order valence-electron chi connectivity index (χ3n) is 2.41. The monoisotopic (exact) mass is 259 g/mol. The quantitative estimate of drug-likeness (QED) is 0.787. The Hall–Kier alpha value is -1.95. The van der Waals surface area contributed by atoms with Crippen molar-refractivity contribution >= 4 is 6.09 Å². The van der Waals surface area contributed by atoms with Crippen molar-refractivity contribution < 1.29 is 9.53 Å². The lowest BCUT2D eigenvalue weighted by atomic mass is 10.0. The van der Waals surface area contributed by atoms with Crippen molar-refractivity contribution in [2.24, 2.45) is 0 Å². The molecule has 1 aromatic carbocycles. The lowest BCUT2D eigenvalue weighted by Gasteiger charge is -2.19. The second-order valence-electron chi connectivity index (χ2n) is 5.42. The molecule has 1 N–H and O–H groups in total. The van der Waals surface area contributed by atoms with Crippen LogP contribution >= 0.6 is 0 Å². The van der Waals surface area contributed by atoms with Crippen LogP contribution in [0.1, 0.15) is 37.5 Å². The number of benzene rings is 1. The predicted octanol–water partition coefficient (Wildman–Crippen LogP) is 3.18. The van der Waals surface area contributed by atoms with Gasteiger partial charge < -0.3 is 10.1 Å². The average molecular weight is 259 g/mol. The number of amides is 1. The third-order valence-corrected chi connectivity index (χ3v) is 2.41. The Labute approximate surface area is 115 Å². The van der Waals surface area contributed by atoms with Gasteiger partial charge in [-0.05, 0) is 45.7 Å². The van der Waals surface area contributed by atoms with Gasteiger partial charge in [0.25, 0.3) is 0 Å². The summed E-state index contributed by atoms with van der Waals surface area (Å²) in [6.45, 7) is 9.82. The van der Waals surface area contributed by atoms with Crippen LogP contribution in [0, 0.1) is 25.7 Å². The van der Waals surface area contributed by atoms with Gasteiger partial charge in [0.05, 0.1) is 6.54 Å². The molecule has 3 nitrogen and oxygen atoms in total. The van der Waals surface area contributed by atoms with E-state index < -0.39 is 11.7 Å². The largest absolute Gasteiger partial charge is 0.444 e. The van der Waals surface area contributed by atoms with E-state index in [1.807, 2.05) is 52.8 Å². The van der Waals surface area contributed by atoms with Gasteiger partial charge >= 0.3 is 6.09 Å². The molecule has 0 saturated carbocycles. The highest BCUT2D eigenvalue weighted by atomic mass is 16.6. The standard InChI is InChI=1S/C16H21NO2/c1-12-8-6-9-13(2)14(12)10-7-11-17-15(18)19-16(3,4)5/h6,8-9H,11H2,1-5H3,(H,17,18). The summed E-state index contributed by atoms with van der Waals surface area (Å²) < 4.78 is 5.12. The number of rotatable bonds is 1. The minimum atomic E-state index is -0.482. The van der Waals surface area contributed by atoms with E-state index in [2.05, 4.69) is 17.2 Å². The highest BCUT2D eigenvalue weighted by Crippen LogP contribution is 2.11. The van der Waals surface area contributed by atoms with E-state index in [1.54, 1.807) is 0 Å². The summed E-state index contributed by atoms with van der Waals surface area (Å²) in [5.41, 5.74) is 2.83. The van der Waals surface area contributed by atoms with Crippen molar-refractivity contribution in [3.8, 4) is 11.8 Å². The van der Waals surface area contributed by atoms with Crippen molar-refractivity contribution in [3.05, 3.63) is 34.9 Å². The van der Waals surface area contributed by atoms with Crippen LogP contribution in [0.4, 0.5) is 4.79 Å². The van der Waals surface area contributed by atoms with Crippen molar-refractivity contribution in [2.75, 3.05) is 6.54 Å². The molecule has 0 bridgehead atoms. The van der Waals surface area contributed by atoms with Crippen molar-refractivity contribution in [2.45, 2.75) is 40.2 Å². The van der Waals surface area contributed by atoms with E-state index in [9.17, 15) is 4.79 Å². The maximum absolute atomic E-state index is 11.4. The van der Waals surface area contributed by atoms with Gasteiger partial charge in [0, 0.05) is 5.56 Å². The molecular weight excluding hydrogens is 238 g/mol. The summed E-state index contributed by atoms with van der Waals surface area (Å²) in [5.74, 6) is 6.02. The third kappa shape index (κ3) is 5.48. The van der Waals surface area contributed by atoms with Crippen LogP contribution in [0.5, 0.6) is 0 Å². The summed E-state index contributed by atoms with van der Waals surface area (Å²) >= 11 is 0. The normalized spacial score (nSPS) is 10.4. The molecule has 0 atom stereocenters. The topological polar surface area (TPSA) is 38.3 Å². The number of hydrogen-bond acceptors (Lipinski definition) is 2. The molecule has 0 aliphatic carbocycles. The molecule has 0 aliphatic rings. The number of nitrogens with one attached hydrogen (secondary N) is 1. The van der Waals surface area contributed by atoms with Crippen molar-refractivity contribution in [1.82, 2.24) is 5.32 Å². The molecule has 0 spiro atoms. The zero-order valence-electron chi connectivity index (χ0n) is 12.3. The van der Waals surface area contributed by atoms with E-state index in [1.165, 1.54) is 0 Å². The van der Waals surface area contributed by atoms with Gasteiger partial charge in [-0.25, -0.2) is 4.79 Å². The van der Waals surface area contributed by atoms with Crippen LogP contribution in [0.3, 0.4) is 0 Å². The average Bonchev–Trinajstić information content (AvgIpc) is 2.25. The van der Waals surface area contributed by atoms with E-state index in [0.717, 1.165) is 16.7 Å². The molecule has 1 amide bonds. The Morgan fingerprint density at radius 2 is 1.84 bits per heavy atom. The number of carbonyl (C=O) groups excluding carboxylic acids is 1. The zero-order chi connectivity index (χ0) is 14.5. The van der Waals surface area contributed by atoms with E-state index in [4.69, 9.17) is 4.74 Å². The van der Waals surface area contributed by atoms with Crippen LogP contribution < -0.4 is 5.32 Å². The fourth-order valence-electron chi connectivity index (χ4n) is 1.57. The van der Waals surface area contributed by atoms with Crippen LogP contribution in [-0.4, -0.2) is 18.2 Å². The van der Waals surface area contributed by atoms with Gasteiger partial charge in [0.1, 0.15) is 5.60 Å². The summed E-state index contributed by atoms with van der Waals surface area (Å²) in [6.07, 6.45) is -0.441. The number of ether oxygens (including phenoxy) is 1. The van der Waals surface area contributed by atoms with Gasteiger partial charge in [-0.3, -0.25) is 0 Å². The molecule has 1 aromatic rings. The van der Waals surface area contributed by atoms with Crippen molar-refractivity contribution in [3.63, 3.8) is 0 Å². The fraction of sp³-hybridized carbons (Fsp3) is 0.438. The molecule has 0 unspecified atom stereocenters. The van der Waals surface area contributed by atoms with E-state index in [-0.39, 0.29) is 6.54 Å². The van der Waals surface area contributed by atoms with Gasteiger partial charge in [-0.2, -0.15) is 0 Å². The zero-order valence-corrected chi connectivity index (χ0v) is 12.3. The first-order valence-corrected chi connectivity index (χ1v) is 6.31. The Balaban J connectivity index is 2.55. The molecule has 0 heterocycles. The maximum atomic E-state index is 11.4. The smallest absolute Gasteiger partial charge is 0.408 e. The number of carbonyl (C=O) groups is 1. The lowest BCUT2D eigenvalue weighted by Crippen LogP contribution is -2.32. The van der Waals surface area contributed by atoms with Gasteiger partial charge in [0.2, 0.25) is 0 Å². The molecule has 0 aliphatic heterocycles. The van der Waals surface area contributed by atoms with Crippen LogP contribution in [0.15, 0.2) is 18.2 Å². The van der Waals surface area contributed by atoms with E-state index >= 15 is 0 Å². The molecule has 0 fully saturated rings. The highest BCUT2D eigenvalue weighted by Gasteiger charge is 2.14. The first-order valence-electron chi connectivity index (χ1n) is 6.31. The second-order valence-corrected chi connectivity index (χ2v) is 5.42. The number of alkyl carbamates (subject to hydrolysis) is 1. The molecule has 0 aromatic heterocycles. The van der Waals surface area contributed by atoms with Crippen molar-refractivity contribution in [1.29, 1.82) is 0 Å².